The normalized spacial score (nSPS) is 33.9. The molecule has 0 unspecified atom stereocenters. The molecule has 0 bridgehead atoms. The van der Waals surface area contributed by atoms with Gasteiger partial charge in [0.2, 0.25) is 0 Å². The topological polar surface area (TPSA) is 50.4 Å². The van der Waals surface area contributed by atoms with Gasteiger partial charge in [-0.15, -0.1) is 24.0 Å². The van der Waals surface area contributed by atoms with Crippen LogP contribution in [0.4, 0.5) is 0 Å². The van der Waals surface area contributed by atoms with E-state index in [1.54, 1.807) is 0 Å². The first-order valence-electron chi connectivity index (χ1n) is 6.39. The number of guanidine groups is 1. The summed E-state index contributed by atoms with van der Waals surface area (Å²) in [6.07, 6.45) is 8.35. The van der Waals surface area contributed by atoms with E-state index >= 15 is 0 Å². The molecule has 3 fully saturated rings. The van der Waals surface area contributed by atoms with Crippen LogP contribution in [0.1, 0.15) is 38.5 Å². The summed E-state index contributed by atoms with van der Waals surface area (Å²) in [5, 5.41) is 3.24. The maximum atomic E-state index is 5.80. The minimum absolute atomic E-state index is 0. The maximum absolute atomic E-state index is 5.80. The highest BCUT2D eigenvalue weighted by atomic mass is 127. The summed E-state index contributed by atoms with van der Waals surface area (Å²) in [7, 11) is 0. The molecule has 0 radical (unpaired) electrons. The molecule has 16 heavy (non-hydrogen) atoms. The minimum Gasteiger partial charge on any atom is -0.370 e. The lowest BCUT2D eigenvalue weighted by Gasteiger charge is -2.25. The molecule has 2 atom stereocenters. The first kappa shape index (κ1) is 12.5. The second-order valence-corrected chi connectivity index (χ2v) is 5.50. The molecule has 0 aromatic carbocycles. The van der Waals surface area contributed by atoms with Gasteiger partial charge in [-0.3, -0.25) is 4.99 Å². The quantitative estimate of drug-likeness (QED) is 0.470. The number of rotatable bonds is 4. The molecule has 4 heteroatoms. The Hall–Kier alpha value is 0. The number of nitrogens with zero attached hydrogens (tertiary/aromatic N) is 1. The van der Waals surface area contributed by atoms with Crippen molar-refractivity contribution in [1.29, 1.82) is 0 Å². The molecule has 3 saturated carbocycles. The van der Waals surface area contributed by atoms with Gasteiger partial charge < -0.3 is 11.1 Å². The fourth-order valence-electron chi connectivity index (χ4n) is 2.62. The third-order valence-electron chi connectivity index (χ3n) is 4.16. The van der Waals surface area contributed by atoms with Gasteiger partial charge >= 0.3 is 0 Å². The smallest absolute Gasteiger partial charge is 0.188 e. The fraction of sp³-hybridized carbons (Fsp3) is 0.917. The van der Waals surface area contributed by atoms with Crippen molar-refractivity contribution in [3.63, 3.8) is 0 Å². The van der Waals surface area contributed by atoms with Crippen LogP contribution in [0.3, 0.4) is 0 Å². The lowest BCUT2D eigenvalue weighted by atomic mass is 9.81. The Morgan fingerprint density at radius 3 is 2.56 bits per heavy atom. The van der Waals surface area contributed by atoms with Crippen molar-refractivity contribution in [2.75, 3.05) is 6.54 Å². The third kappa shape index (κ3) is 3.02. The molecule has 92 valence electrons. The fourth-order valence-corrected chi connectivity index (χ4v) is 2.62. The van der Waals surface area contributed by atoms with Gasteiger partial charge in [0, 0.05) is 12.6 Å². The Balaban J connectivity index is 0.000000963. The summed E-state index contributed by atoms with van der Waals surface area (Å²) >= 11 is 0. The van der Waals surface area contributed by atoms with Crippen molar-refractivity contribution in [2.45, 2.75) is 44.6 Å². The van der Waals surface area contributed by atoms with Gasteiger partial charge in [-0.25, -0.2) is 0 Å². The molecule has 0 aromatic rings. The summed E-state index contributed by atoms with van der Waals surface area (Å²) in [6, 6.07) is 0.635. The maximum Gasteiger partial charge on any atom is 0.188 e. The monoisotopic (exact) mass is 335 g/mol. The molecule has 0 spiro atoms. The van der Waals surface area contributed by atoms with Crippen LogP contribution in [0.25, 0.3) is 0 Å². The molecule has 3 aliphatic carbocycles. The van der Waals surface area contributed by atoms with Gasteiger partial charge in [0.15, 0.2) is 5.96 Å². The average Bonchev–Trinajstić information content (AvgIpc) is 2.95. The van der Waals surface area contributed by atoms with E-state index < -0.39 is 0 Å². The molecular weight excluding hydrogens is 313 g/mol. The van der Waals surface area contributed by atoms with Crippen molar-refractivity contribution in [2.24, 2.45) is 28.5 Å². The molecular formula is C12H22IN3. The third-order valence-corrected chi connectivity index (χ3v) is 4.16. The first-order valence-corrected chi connectivity index (χ1v) is 6.39. The van der Waals surface area contributed by atoms with Gasteiger partial charge in [-0.1, -0.05) is 19.3 Å². The van der Waals surface area contributed by atoms with Crippen LogP contribution in [0.2, 0.25) is 0 Å². The van der Waals surface area contributed by atoms with Crippen LogP contribution in [0.5, 0.6) is 0 Å². The first-order chi connectivity index (χ1) is 7.33. The van der Waals surface area contributed by atoms with E-state index in [4.69, 9.17) is 5.73 Å². The second-order valence-electron chi connectivity index (χ2n) is 5.50. The van der Waals surface area contributed by atoms with Gasteiger partial charge in [0.05, 0.1) is 0 Å². The van der Waals surface area contributed by atoms with E-state index in [-0.39, 0.29) is 24.0 Å². The second kappa shape index (κ2) is 5.10. The van der Waals surface area contributed by atoms with Crippen LogP contribution < -0.4 is 11.1 Å². The van der Waals surface area contributed by atoms with E-state index in [1.807, 2.05) is 0 Å². The summed E-state index contributed by atoms with van der Waals surface area (Å²) in [5.74, 6) is 3.57. The summed E-state index contributed by atoms with van der Waals surface area (Å²) in [6.45, 7) is 0.965. The molecule has 0 amide bonds. The Kier molecular flexibility index (Phi) is 3.97. The zero-order valence-electron chi connectivity index (χ0n) is 9.69. The molecule has 3 N–H and O–H groups in total. The largest absolute Gasteiger partial charge is 0.370 e. The lowest BCUT2D eigenvalue weighted by Crippen LogP contribution is -2.33. The van der Waals surface area contributed by atoms with Crippen molar-refractivity contribution in [3.05, 3.63) is 0 Å². The molecule has 3 nitrogen and oxygen atoms in total. The van der Waals surface area contributed by atoms with Crippen molar-refractivity contribution >= 4 is 29.9 Å². The molecule has 0 aliphatic heterocycles. The SMILES string of the molecule is I.NC(=NC[C@@H]1C[C@H]1C1CCC1)NC1CC1. The molecule has 0 heterocycles. The summed E-state index contributed by atoms with van der Waals surface area (Å²) < 4.78 is 0. The van der Waals surface area contributed by atoms with Gasteiger partial charge in [0.25, 0.3) is 0 Å². The number of hydrogen-bond acceptors (Lipinski definition) is 1. The van der Waals surface area contributed by atoms with Crippen LogP contribution in [-0.2, 0) is 0 Å². The van der Waals surface area contributed by atoms with Crippen molar-refractivity contribution in [3.8, 4) is 0 Å². The van der Waals surface area contributed by atoms with E-state index in [0.29, 0.717) is 12.0 Å². The van der Waals surface area contributed by atoms with Crippen LogP contribution in [0, 0.1) is 17.8 Å². The van der Waals surface area contributed by atoms with Crippen molar-refractivity contribution in [1.82, 2.24) is 5.32 Å². The summed E-state index contributed by atoms with van der Waals surface area (Å²) in [5.41, 5.74) is 5.80. The predicted octanol–water partition coefficient (Wildman–Crippen LogP) is 2.11. The Bertz CT molecular complexity index is 271. The highest BCUT2D eigenvalue weighted by Gasteiger charge is 2.44. The van der Waals surface area contributed by atoms with Gasteiger partial charge in [-0.2, -0.15) is 0 Å². The number of nitrogens with two attached hydrogens (primary N) is 1. The number of halogens is 1. The van der Waals surface area contributed by atoms with Crippen LogP contribution in [0.15, 0.2) is 4.99 Å². The van der Waals surface area contributed by atoms with E-state index in [0.717, 1.165) is 24.3 Å². The summed E-state index contributed by atoms with van der Waals surface area (Å²) in [4.78, 5) is 4.44. The molecule has 0 aromatic heterocycles. The average molecular weight is 335 g/mol. The molecule has 3 rings (SSSR count). The van der Waals surface area contributed by atoms with Crippen LogP contribution in [-0.4, -0.2) is 18.5 Å². The Morgan fingerprint density at radius 2 is 2.00 bits per heavy atom. The van der Waals surface area contributed by atoms with E-state index in [2.05, 4.69) is 10.3 Å². The standard InChI is InChI=1S/C12H21N3.HI/c13-12(15-10-4-5-10)14-7-9-6-11(9)8-2-1-3-8;/h8-11H,1-7H2,(H3,13,14,15);1H/t9-,11-;/m0./s1. The molecule has 0 saturated heterocycles. The highest BCUT2D eigenvalue weighted by molar-refractivity contribution is 14.0. The van der Waals surface area contributed by atoms with Gasteiger partial charge in [0.1, 0.15) is 0 Å². The lowest BCUT2D eigenvalue weighted by molar-refractivity contribution is 0.266. The minimum atomic E-state index is 0. The van der Waals surface area contributed by atoms with E-state index in [1.165, 1.54) is 38.5 Å². The number of hydrogen-bond donors (Lipinski definition) is 2. The van der Waals surface area contributed by atoms with Crippen molar-refractivity contribution < 1.29 is 0 Å². The highest BCUT2D eigenvalue weighted by Crippen LogP contribution is 2.51. The number of aliphatic imine (C=N–C) groups is 1. The molecule has 3 aliphatic rings. The Labute approximate surface area is 115 Å². The van der Waals surface area contributed by atoms with Crippen LogP contribution >= 0.6 is 24.0 Å². The zero-order chi connectivity index (χ0) is 10.3. The van der Waals surface area contributed by atoms with E-state index in [9.17, 15) is 0 Å². The number of nitrogens with one attached hydrogen (secondary N) is 1. The predicted molar refractivity (Wildman–Crippen MR) is 77.0 cm³/mol. The zero-order valence-corrected chi connectivity index (χ0v) is 12.0. The van der Waals surface area contributed by atoms with Gasteiger partial charge in [-0.05, 0) is 37.0 Å². The Morgan fingerprint density at radius 1 is 1.25 bits per heavy atom.